The van der Waals surface area contributed by atoms with E-state index in [-0.39, 0.29) is 17.7 Å². The summed E-state index contributed by atoms with van der Waals surface area (Å²) < 4.78 is 23.0. The minimum atomic E-state index is -3.13. The average Bonchev–Trinajstić information content (AvgIpc) is 2.68. The van der Waals surface area contributed by atoms with Crippen molar-refractivity contribution in [1.82, 2.24) is 15.2 Å². The molecule has 8 heteroatoms. The Balaban J connectivity index is 1.49. The second kappa shape index (κ2) is 9.37. The molecular weight excluding hydrogens is 388 g/mol. The lowest BCUT2D eigenvalue weighted by Gasteiger charge is -2.36. The molecule has 156 valence electrons. The third kappa shape index (κ3) is 6.54. The van der Waals surface area contributed by atoms with Crippen LogP contribution in [-0.2, 0) is 15.6 Å². The minimum Gasteiger partial charge on any atom is -0.354 e. The smallest absolute Gasteiger partial charge is 0.251 e. The summed E-state index contributed by atoms with van der Waals surface area (Å²) in [6.45, 7) is 6.41. The number of nitrogens with one attached hydrogen (secondary N) is 1. The highest BCUT2D eigenvalue weighted by Gasteiger charge is 2.20. The molecule has 1 N–H and O–H groups in total. The largest absolute Gasteiger partial charge is 0.354 e. The van der Waals surface area contributed by atoms with Gasteiger partial charge in [0.1, 0.15) is 5.82 Å². The Morgan fingerprint density at radius 3 is 2.55 bits per heavy atom. The minimum absolute atomic E-state index is 0.0116. The maximum absolute atomic E-state index is 12.6. The fourth-order valence-electron chi connectivity index (χ4n) is 3.55. The highest BCUT2D eigenvalue weighted by molar-refractivity contribution is 7.89. The van der Waals surface area contributed by atoms with Gasteiger partial charge in [-0.25, -0.2) is 13.4 Å². The van der Waals surface area contributed by atoms with E-state index in [0.717, 1.165) is 38.5 Å². The molecule has 1 aromatic heterocycles. The van der Waals surface area contributed by atoms with E-state index >= 15 is 0 Å². The fraction of sp³-hybridized carbons (Fsp3) is 0.429. The van der Waals surface area contributed by atoms with Crippen molar-refractivity contribution in [2.24, 2.45) is 0 Å². The predicted octanol–water partition coefficient (Wildman–Crippen LogP) is 1.57. The SMILES string of the molecule is CC(CN1CCN(c2ccccn2)CC1)NC(=O)c1cccc(CS(C)(=O)=O)c1. The first-order chi connectivity index (χ1) is 13.8. The van der Waals surface area contributed by atoms with Gasteiger partial charge in [0.2, 0.25) is 0 Å². The van der Waals surface area contributed by atoms with Crippen LogP contribution >= 0.6 is 0 Å². The van der Waals surface area contributed by atoms with E-state index in [0.29, 0.717) is 11.1 Å². The molecule has 0 aliphatic carbocycles. The summed E-state index contributed by atoms with van der Waals surface area (Å²) in [4.78, 5) is 21.6. The third-order valence-electron chi connectivity index (χ3n) is 4.87. The van der Waals surface area contributed by atoms with Gasteiger partial charge in [0.25, 0.3) is 5.91 Å². The van der Waals surface area contributed by atoms with Gasteiger partial charge in [-0.05, 0) is 36.8 Å². The Morgan fingerprint density at radius 2 is 1.90 bits per heavy atom. The zero-order valence-electron chi connectivity index (χ0n) is 16.9. The van der Waals surface area contributed by atoms with E-state index in [2.05, 4.69) is 20.1 Å². The highest BCUT2D eigenvalue weighted by Crippen LogP contribution is 2.13. The van der Waals surface area contributed by atoms with Gasteiger partial charge in [-0.3, -0.25) is 9.69 Å². The lowest BCUT2D eigenvalue weighted by Crippen LogP contribution is -2.51. The Kier molecular flexibility index (Phi) is 6.87. The monoisotopic (exact) mass is 416 g/mol. The summed E-state index contributed by atoms with van der Waals surface area (Å²) in [5, 5.41) is 3.02. The summed E-state index contributed by atoms with van der Waals surface area (Å²) in [5.41, 5.74) is 1.11. The average molecular weight is 417 g/mol. The maximum atomic E-state index is 12.6. The molecule has 0 saturated carbocycles. The van der Waals surface area contributed by atoms with Crippen molar-refractivity contribution >= 4 is 21.6 Å². The van der Waals surface area contributed by atoms with Crippen LogP contribution in [0.5, 0.6) is 0 Å². The summed E-state index contributed by atoms with van der Waals surface area (Å²) >= 11 is 0. The second-order valence-corrected chi connectivity index (χ2v) is 9.76. The third-order valence-corrected chi connectivity index (χ3v) is 5.73. The van der Waals surface area contributed by atoms with Crippen molar-refractivity contribution in [1.29, 1.82) is 0 Å². The first-order valence-electron chi connectivity index (χ1n) is 9.76. The number of benzene rings is 1. The number of carbonyl (C=O) groups excluding carboxylic acids is 1. The number of anilines is 1. The quantitative estimate of drug-likeness (QED) is 0.738. The van der Waals surface area contributed by atoms with Crippen molar-refractivity contribution in [2.75, 3.05) is 43.9 Å². The van der Waals surface area contributed by atoms with Crippen LogP contribution in [0.25, 0.3) is 0 Å². The van der Waals surface area contributed by atoms with Gasteiger partial charge in [-0.15, -0.1) is 0 Å². The first-order valence-corrected chi connectivity index (χ1v) is 11.8. The summed E-state index contributed by atoms with van der Waals surface area (Å²) in [6.07, 6.45) is 3.00. The lowest BCUT2D eigenvalue weighted by molar-refractivity contribution is 0.0928. The van der Waals surface area contributed by atoms with E-state index in [1.54, 1.807) is 24.3 Å². The van der Waals surface area contributed by atoms with Crippen LogP contribution in [0.4, 0.5) is 5.82 Å². The number of piperazine rings is 1. The van der Waals surface area contributed by atoms with Crippen LogP contribution in [0.15, 0.2) is 48.7 Å². The van der Waals surface area contributed by atoms with Gasteiger partial charge < -0.3 is 10.2 Å². The maximum Gasteiger partial charge on any atom is 0.251 e. The van der Waals surface area contributed by atoms with Crippen LogP contribution in [0.2, 0.25) is 0 Å². The predicted molar refractivity (Wildman–Crippen MR) is 115 cm³/mol. The van der Waals surface area contributed by atoms with Crippen LogP contribution in [0, 0.1) is 0 Å². The number of nitrogens with zero attached hydrogens (tertiary/aromatic N) is 3. The van der Waals surface area contributed by atoms with Crippen molar-refractivity contribution in [3.8, 4) is 0 Å². The molecule has 2 heterocycles. The Morgan fingerprint density at radius 1 is 1.14 bits per heavy atom. The summed E-state index contributed by atoms with van der Waals surface area (Å²) in [5.74, 6) is 0.756. The van der Waals surface area contributed by atoms with Gasteiger partial charge in [-0.2, -0.15) is 0 Å². The molecule has 0 spiro atoms. The fourth-order valence-corrected chi connectivity index (χ4v) is 4.33. The van der Waals surface area contributed by atoms with E-state index in [1.807, 2.05) is 31.3 Å². The topological polar surface area (TPSA) is 82.6 Å². The lowest BCUT2D eigenvalue weighted by atomic mass is 10.1. The number of rotatable bonds is 7. The molecule has 0 radical (unpaired) electrons. The molecule has 0 bridgehead atoms. The molecule has 1 unspecified atom stereocenters. The van der Waals surface area contributed by atoms with E-state index in [4.69, 9.17) is 0 Å². The molecule has 1 aliphatic rings. The van der Waals surface area contributed by atoms with Crippen molar-refractivity contribution in [3.05, 3.63) is 59.8 Å². The summed E-state index contributed by atoms with van der Waals surface area (Å²) in [6, 6.07) is 12.7. The van der Waals surface area contributed by atoms with Gasteiger partial charge in [0, 0.05) is 56.8 Å². The Bertz CT molecular complexity index is 926. The molecule has 1 atom stereocenters. The number of pyridine rings is 1. The van der Waals surface area contributed by atoms with Crippen molar-refractivity contribution in [3.63, 3.8) is 0 Å². The molecule has 1 aromatic carbocycles. The molecule has 1 aliphatic heterocycles. The molecule has 2 aromatic rings. The van der Waals surface area contributed by atoms with E-state index < -0.39 is 9.84 Å². The number of aromatic nitrogens is 1. The van der Waals surface area contributed by atoms with Crippen LogP contribution in [0.3, 0.4) is 0 Å². The molecule has 1 amide bonds. The molecular formula is C21H28N4O3S. The van der Waals surface area contributed by atoms with Gasteiger partial charge in [0.15, 0.2) is 9.84 Å². The van der Waals surface area contributed by atoms with E-state index in [9.17, 15) is 13.2 Å². The van der Waals surface area contributed by atoms with Gasteiger partial charge in [-0.1, -0.05) is 18.2 Å². The highest BCUT2D eigenvalue weighted by atomic mass is 32.2. The van der Waals surface area contributed by atoms with Crippen LogP contribution in [-0.4, -0.2) is 69.2 Å². The van der Waals surface area contributed by atoms with Crippen molar-refractivity contribution in [2.45, 2.75) is 18.7 Å². The second-order valence-electron chi connectivity index (χ2n) is 7.62. The zero-order chi connectivity index (χ0) is 20.9. The molecule has 1 saturated heterocycles. The number of amides is 1. The summed E-state index contributed by atoms with van der Waals surface area (Å²) in [7, 11) is -3.13. The number of sulfone groups is 1. The number of hydrogen-bond acceptors (Lipinski definition) is 6. The zero-order valence-corrected chi connectivity index (χ0v) is 17.7. The normalized spacial score (nSPS) is 16.4. The number of carbonyl (C=O) groups is 1. The van der Waals surface area contributed by atoms with Gasteiger partial charge >= 0.3 is 0 Å². The molecule has 7 nitrogen and oxygen atoms in total. The van der Waals surface area contributed by atoms with Crippen molar-refractivity contribution < 1.29 is 13.2 Å². The number of hydrogen-bond donors (Lipinski definition) is 1. The van der Waals surface area contributed by atoms with E-state index in [1.165, 1.54) is 6.26 Å². The van der Waals surface area contributed by atoms with Gasteiger partial charge in [0.05, 0.1) is 5.75 Å². The molecule has 1 fully saturated rings. The molecule has 3 rings (SSSR count). The molecule has 29 heavy (non-hydrogen) atoms. The van der Waals surface area contributed by atoms with Crippen LogP contribution < -0.4 is 10.2 Å². The Labute approximate surface area is 172 Å². The standard InChI is InChI=1S/C21H28N4O3S/c1-17(15-24-10-12-25(13-11-24)20-8-3-4-9-22-20)23-21(26)19-7-5-6-18(14-19)16-29(2,27)28/h3-9,14,17H,10-13,15-16H2,1-2H3,(H,23,26). The first kappa shape index (κ1) is 21.3. The Hall–Kier alpha value is -2.45. The van der Waals surface area contributed by atoms with Crippen LogP contribution in [0.1, 0.15) is 22.8 Å².